The molecule has 0 N–H and O–H groups in total. The van der Waals surface area contributed by atoms with Gasteiger partial charge in [-0.3, -0.25) is 0 Å². The zero-order valence-corrected chi connectivity index (χ0v) is 10.2. The Hall–Kier alpha value is -1.36. The van der Waals surface area contributed by atoms with Gasteiger partial charge in [-0.2, -0.15) is 8.75 Å². The first-order valence-corrected chi connectivity index (χ1v) is 5.44. The van der Waals surface area contributed by atoms with Crippen molar-refractivity contribution in [1.82, 2.24) is 8.75 Å². The van der Waals surface area contributed by atoms with Crippen LogP contribution in [0.3, 0.4) is 0 Å². The first-order valence-electron chi connectivity index (χ1n) is 4.71. The third-order valence-electron chi connectivity index (χ3n) is 2.34. The first-order chi connectivity index (χ1) is 7.11. The number of rotatable bonds is 2. The molecule has 0 fully saturated rings. The lowest BCUT2D eigenvalue weighted by Gasteiger charge is -2.17. The van der Waals surface area contributed by atoms with Gasteiger partial charge in [0, 0.05) is 28.2 Å². The van der Waals surface area contributed by atoms with Gasteiger partial charge >= 0.3 is 0 Å². The van der Waals surface area contributed by atoms with E-state index in [0.29, 0.717) is 0 Å². The van der Waals surface area contributed by atoms with Gasteiger partial charge in [0.2, 0.25) is 0 Å². The van der Waals surface area contributed by atoms with Gasteiger partial charge in [-0.25, -0.2) is 0 Å². The quantitative estimate of drug-likeness (QED) is 0.776. The van der Waals surface area contributed by atoms with Crippen LogP contribution in [-0.4, -0.2) is 36.9 Å². The SMILES string of the molecule is CN(C)c1ccc(N(C)C)c2nsnc12. The molecule has 0 aliphatic heterocycles. The molecule has 0 aliphatic rings. The molecule has 2 aromatic rings. The maximum atomic E-state index is 4.35. The zero-order chi connectivity index (χ0) is 11.0. The largest absolute Gasteiger partial charge is 0.376 e. The standard InChI is InChI=1S/C10H14N4S/c1-13(2)7-5-6-8(14(3)4)10-9(7)11-15-12-10/h5-6H,1-4H3. The van der Waals surface area contributed by atoms with Gasteiger partial charge in [0.1, 0.15) is 11.0 Å². The van der Waals surface area contributed by atoms with Crippen LogP contribution in [0.4, 0.5) is 11.4 Å². The van der Waals surface area contributed by atoms with E-state index in [1.807, 2.05) is 28.2 Å². The second-order valence-corrected chi connectivity index (χ2v) is 4.38. The minimum Gasteiger partial charge on any atom is -0.376 e. The smallest absolute Gasteiger partial charge is 0.130 e. The number of aromatic nitrogens is 2. The highest BCUT2D eigenvalue weighted by Gasteiger charge is 2.12. The average Bonchev–Trinajstić information content (AvgIpc) is 2.63. The Bertz CT molecular complexity index is 433. The molecule has 0 saturated carbocycles. The van der Waals surface area contributed by atoms with Crippen molar-refractivity contribution in [3.8, 4) is 0 Å². The van der Waals surface area contributed by atoms with E-state index in [4.69, 9.17) is 0 Å². The molecular weight excluding hydrogens is 208 g/mol. The molecule has 0 aliphatic carbocycles. The number of fused-ring (bicyclic) bond motifs is 1. The van der Waals surface area contributed by atoms with E-state index in [1.54, 1.807) is 0 Å². The van der Waals surface area contributed by atoms with Crippen molar-refractivity contribution >= 4 is 34.1 Å². The van der Waals surface area contributed by atoms with E-state index < -0.39 is 0 Å². The summed E-state index contributed by atoms with van der Waals surface area (Å²) in [5.74, 6) is 0. The van der Waals surface area contributed by atoms with Gasteiger partial charge in [0.25, 0.3) is 0 Å². The van der Waals surface area contributed by atoms with Gasteiger partial charge in [-0.15, -0.1) is 0 Å². The van der Waals surface area contributed by atoms with E-state index in [2.05, 4.69) is 30.7 Å². The van der Waals surface area contributed by atoms with Crippen LogP contribution >= 0.6 is 11.7 Å². The Morgan fingerprint density at radius 3 is 1.60 bits per heavy atom. The number of nitrogens with zero attached hydrogens (tertiary/aromatic N) is 4. The summed E-state index contributed by atoms with van der Waals surface area (Å²) in [6.07, 6.45) is 0. The molecule has 4 nitrogen and oxygen atoms in total. The highest BCUT2D eigenvalue weighted by Crippen LogP contribution is 2.30. The average molecular weight is 222 g/mol. The Kier molecular flexibility index (Phi) is 2.48. The lowest BCUT2D eigenvalue weighted by molar-refractivity contribution is 1.12. The van der Waals surface area contributed by atoms with Crippen LogP contribution in [-0.2, 0) is 0 Å². The summed E-state index contributed by atoms with van der Waals surface area (Å²) in [5, 5.41) is 0. The molecule has 5 heteroatoms. The maximum Gasteiger partial charge on any atom is 0.130 e. The molecule has 0 radical (unpaired) electrons. The number of hydrogen-bond acceptors (Lipinski definition) is 5. The summed E-state index contributed by atoms with van der Waals surface area (Å²) in [4.78, 5) is 4.12. The van der Waals surface area contributed by atoms with Crippen LogP contribution in [0.15, 0.2) is 12.1 Å². The number of benzene rings is 1. The Labute approximate surface area is 93.5 Å². The van der Waals surface area contributed by atoms with Crippen molar-refractivity contribution in [1.29, 1.82) is 0 Å². The van der Waals surface area contributed by atoms with Crippen molar-refractivity contribution in [2.75, 3.05) is 38.0 Å². The molecule has 15 heavy (non-hydrogen) atoms. The monoisotopic (exact) mass is 222 g/mol. The van der Waals surface area contributed by atoms with Gasteiger partial charge in [0.05, 0.1) is 23.1 Å². The summed E-state index contributed by atoms with van der Waals surface area (Å²) in [6.45, 7) is 0. The molecule has 1 heterocycles. The Morgan fingerprint density at radius 2 is 1.27 bits per heavy atom. The van der Waals surface area contributed by atoms with Gasteiger partial charge in [-0.1, -0.05) is 0 Å². The van der Waals surface area contributed by atoms with Gasteiger partial charge in [-0.05, 0) is 12.1 Å². The molecule has 2 rings (SSSR count). The van der Waals surface area contributed by atoms with E-state index in [1.165, 1.54) is 11.7 Å². The summed E-state index contributed by atoms with van der Waals surface area (Å²) in [5.41, 5.74) is 4.20. The van der Waals surface area contributed by atoms with Crippen LogP contribution in [0.25, 0.3) is 11.0 Å². The number of hydrogen-bond donors (Lipinski definition) is 0. The Morgan fingerprint density at radius 1 is 0.867 bits per heavy atom. The van der Waals surface area contributed by atoms with Gasteiger partial charge < -0.3 is 9.80 Å². The van der Waals surface area contributed by atoms with Crippen LogP contribution in [0.1, 0.15) is 0 Å². The first kappa shape index (κ1) is 10.2. The summed E-state index contributed by atoms with van der Waals surface area (Å²) in [6, 6.07) is 4.16. The fourth-order valence-corrected chi connectivity index (χ4v) is 2.13. The molecule has 80 valence electrons. The second-order valence-electron chi connectivity index (χ2n) is 3.85. The number of anilines is 2. The van der Waals surface area contributed by atoms with Crippen molar-refractivity contribution in [2.24, 2.45) is 0 Å². The van der Waals surface area contributed by atoms with E-state index in [9.17, 15) is 0 Å². The molecule has 0 atom stereocenters. The molecular formula is C10H14N4S. The van der Waals surface area contributed by atoms with E-state index in [-0.39, 0.29) is 0 Å². The predicted octanol–water partition coefficient (Wildman–Crippen LogP) is 1.82. The molecule has 0 spiro atoms. The summed E-state index contributed by atoms with van der Waals surface area (Å²) in [7, 11) is 8.07. The molecule has 0 unspecified atom stereocenters. The van der Waals surface area contributed by atoms with Crippen LogP contribution in [0, 0.1) is 0 Å². The van der Waals surface area contributed by atoms with E-state index in [0.717, 1.165) is 22.4 Å². The molecule has 0 bridgehead atoms. The van der Waals surface area contributed by atoms with Gasteiger partial charge in [0.15, 0.2) is 0 Å². The van der Waals surface area contributed by atoms with Crippen LogP contribution < -0.4 is 9.80 Å². The Balaban J connectivity index is 2.71. The zero-order valence-electron chi connectivity index (χ0n) is 9.35. The minimum atomic E-state index is 0.983. The predicted molar refractivity (Wildman–Crippen MR) is 66.1 cm³/mol. The van der Waals surface area contributed by atoms with Crippen molar-refractivity contribution in [3.63, 3.8) is 0 Å². The van der Waals surface area contributed by atoms with Crippen molar-refractivity contribution < 1.29 is 0 Å². The van der Waals surface area contributed by atoms with Crippen molar-refractivity contribution in [2.45, 2.75) is 0 Å². The third kappa shape index (κ3) is 1.63. The minimum absolute atomic E-state index is 0.983. The summed E-state index contributed by atoms with van der Waals surface area (Å²) >= 11 is 1.26. The maximum absolute atomic E-state index is 4.35. The van der Waals surface area contributed by atoms with E-state index >= 15 is 0 Å². The molecule has 0 amide bonds. The normalized spacial score (nSPS) is 10.7. The van der Waals surface area contributed by atoms with Crippen LogP contribution in [0.2, 0.25) is 0 Å². The van der Waals surface area contributed by atoms with Crippen LogP contribution in [0.5, 0.6) is 0 Å². The molecule has 1 aromatic heterocycles. The second kappa shape index (κ2) is 3.66. The molecule has 1 aromatic carbocycles. The fraction of sp³-hybridized carbons (Fsp3) is 0.400. The lowest BCUT2D eigenvalue weighted by atomic mass is 10.2. The topological polar surface area (TPSA) is 32.3 Å². The fourth-order valence-electron chi connectivity index (χ4n) is 1.56. The lowest BCUT2D eigenvalue weighted by Crippen LogP contribution is -2.12. The highest BCUT2D eigenvalue weighted by molar-refractivity contribution is 7.00. The van der Waals surface area contributed by atoms with Crippen molar-refractivity contribution in [3.05, 3.63) is 12.1 Å². The molecule has 0 saturated heterocycles. The summed E-state index contributed by atoms with van der Waals surface area (Å²) < 4.78 is 8.69. The highest BCUT2D eigenvalue weighted by atomic mass is 32.1. The third-order valence-corrected chi connectivity index (χ3v) is 2.86.